The standard InChI is InChI=1S/C11H14O5/c1-15-9-4-3-7(5-8(9)12)6-10(16-2)11(13)14/h3-5,10,12H,6H2,1-2H3,(H,13,14)/t10-/m1/s1. The van der Waals surface area contributed by atoms with Crippen LogP contribution < -0.4 is 4.74 Å². The number of hydrogen-bond acceptors (Lipinski definition) is 4. The van der Waals surface area contributed by atoms with Gasteiger partial charge in [-0.05, 0) is 17.7 Å². The fourth-order valence-corrected chi connectivity index (χ4v) is 1.35. The topological polar surface area (TPSA) is 76.0 Å². The van der Waals surface area contributed by atoms with Crippen LogP contribution in [0.3, 0.4) is 0 Å². The lowest BCUT2D eigenvalue weighted by molar-refractivity contribution is -0.148. The fourth-order valence-electron chi connectivity index (χ4n) is 1.35. The average Bonchev–Trinajstić information content (AvgIpc) is 2.25. The summed E-state index contributed by atoms with van der Waals surface area (Å²) in [6.45, 7) is 0. The Labute approximate surface area is 93.2 Å². The van der Waals surface area contributed by atoms with Crippen molar-refractivity contribution in [2.45, 2.75) is 12.5 Å². The van der Waals surface area contributed by atoms with E-state index in [9.17, 15) is 9.90 Å². The number of methoxy groups -OCH3 is 2. The SMILES string of the molecule is COc1ccc(C[C@@H](OC)C(=O)O)cc1O. The Bertz CT molecular complexity index is 375. The van der Waals surface area contributed by atoms with Crippen LogP contribution in [0.4, 0.5) is 0 Å². The largest absolute Gasteiger partial charge is 0.504 e. The molecule has 1 aromatic carbocycles. The second kappa shape index (κ2) is 5.37. The van der Waals surface area contributed by atoms with Crippen molar-refractivity contribution in [2.24, 2.45) is 0 Å². The molecule has 16 heavy (non-hydrogen) atoms. The van der Waals surface area contributed by atoms with Crippen molar-refractivity contribution in [2.75, 3.05) is 14.2 Å². The molecule has 0 aliphatic heterocycles. The zero-order chi connectivity index (χ0) is 12.1. The van der Waals surface area contributed by atoms with E-state index in [2.05, 4.69) is 0 Å². The van der Waals surface area contributed by atoms with Gasteiger partial charge in [0.05, 0.1) is 7.11 Å². The summed E-state index contributed by atoms with van der Waals surface area (Å²) in [5, 5.41) is 18.3. The third-order valence-electron chi connectivity index (χ3n) is 2.22. The van der Waals surface area contributed by atoms with Gasteiger partial charge in [0, 0.05) is 13.5 Å². The number of phenolic OH excluding ortho intramolecular Hbond substituents is 1. The number of ether oxygens (including phenoxy) is 2. The third-order valence-corrected chi connectivity index (χ3v) is 2.22. The number of carboxylic acids is 1. The number of carbonyl (C=O) groups is 1. The van der Waals surface area contributed by atoms with Crippen molar-refractivity contribution in [3.8, 4) is 11.5 Å². The first kappa shape index (κ1) is 12.3. The van der Waals surface area contributed by atoms with E-state index in [-0.39, 0.29) is 12.2 Å². The summed E-state index contributed by atoms with van der Waals surface area (Å²) >= 11 is 0. The van der Waals surface area contributed by atoms with Crippen LogP contribution in [-0.4, -0.2) is 36.5 Å². The third kappa shape index (κ3) is 2.87. The molecule has 0 aliphatic rings. The predicted octanol–water partition coefficient (Wildman–Crippen LogP) is 1.04. The van der Waals surface area contributed by atoms with Crippen LogP contribution in [0.25, 0.3) is 0 Å². The molecule has 0 saturated carbocycles. The first-order valence-corrected chi connectivity index (χ1v) is 4.70. The first-order valence-electron chi connectivity index (χ1n) is 4.70. The van der Waals surface area contributed by atoms with Gasteiger partial charge < -0.3 is 19.7 Å². The lowest BCUT2D eigenvalue weighted by Gasteiger charge is -2.11. The van der Waals surface area contributed by atoms with Crippen LogP contribution in [0.1, 0.15) is 5.56 Å². The quantitative estimate of drug-likeness (QED) is 0.784. The average molecular weight is 226 g/mol. The Balaban J connectivity index is 2.81. The number of carboxylic acid groups (broad SMARTS) is 1. The number of rotatable bonds is 5. The number of aromatic hydroxyl groups is 1. The molecule has 1 aromatic rings. The second-order valence-electron chi connectivity index (χ2n) is 3.27. The van der Waals surface area contributed by atoms with Gasteiger partial charge in [-0.3, -0.25) is 0 Å². The van der Waals surface area contributed by atoms with E-state index in [4.69, 9.17) is 14.6 Å². The Hall–Kier alpha value is -1.75. The highest BCUT2D eigenvalue weighted by Crippen LogP contribution is 2.26. The molecular weight excluding hydrogens is 212 g/mol. The van der Waals surface area contributed by atoms with E-state index >= 15 is 0 Å². The first-order chi connectivity index (χ1) is 7.58. The number of aliphatic carboxylic acids is 1. The minimum absolute atomic E-state index is 0.0137. The molecule has 88 valence electrons. The molecule has 0 aromatic heterocycles. The van der Waals surface area contributed by atoms with E-state index < -0.39 is 12.1 Å². The summed E-state index contributed by atoms with van der Waals surface area (Å²) in [4.78, 5) is 10.7. The smallest absolute Gasteiger partial charge is 0.333 e. The van der Waals surface area contributed by atoms with Crippen molar-refractivity contribution in [1.82, 2.24) is 0 Å². The van der Waals surface area contributed by atoms with Gasteiger partial charge in [-0.15, -0.1) is 0 Å². The lowest BCUT2D eigenvalue weighted by Crippen LogP contribution is -2.24. The Morgan fingerprint density at radius 3 is 2.56 bits per heavy atom. The number of phenols is 1. The van der Waals surface area contributed by atoms with Crippen LogP contribution >= 0.6 is 0 Å². The monoisotopic (exact) mass is 226 g/mol. The van der Waals surface area contributed by atoms with Crippen molar-refractivity contribution in [3.63, 3.8) is 0 Å². The summed E-state index contributed by atoms with van der Waals surface area (Å²) in [7, 11) is 2.78. The van der Waals surface area contributed by atoms with Gasteiger partial charge in [0.1, 0.15) is 0 Å². The predicted molar refractivity (Wildman–Crippen MR) is 56.8 cm³/mol. The van der Waals surface area contributed by atoms with Crippen LogP contribution in [0.15, 0.2) is 18.2 Å². The molecule has 0 heterocycles. The van der Waals surface area contributed by atoms with E-state index in [1.807, 2.05) is 0 Å². The molecule has 1 rings (SSSR count). The molecule has 0 amide bonds. The maximum absolute atomic E-state index is 10.7. The molecule has 0 radical (unpaired) electrons. The highest BCUT2D eigenvalue weighted by atomic mass is 16.5. The fraction of sp³-hybridized carbons (Fsp3) is 0.364. The number of benzene rings is 1. The summed E-state index contributed by atoms with van der Waals surface area (Å²) < 4.78 is 9.68. The Kier molecular flexibility index (Phi) is 4.13. The maximum Gasteiger partial charge on any atom is 0.333 e. The molecule has 0 aliphatic carbocycles. The van der Waals surface area contributed by atoms with E-state index in [1.165, 1.54) is 20.3 Å². The molecule has 0 bridgehead atoms. The van der Waals surface area contributed by atoms with E-state index in [0.29, 0.717) is 11.3 Å². The maximum atomic E-state index is 10.7. The van der Waals surface area contributed by atoms with Crippen LogP contribution in [0, 0.1) is 0 Å². The minimum atomic E-state index is -1.03. The molecule has 0 unspecified atom stereocenters. The van der Waals surface area contributed by atoms with E-state index in [0.717, 1.165) is 0 Å². The summed E-state index contributed by atoms with van der Waals surface area (Å²) in [5.74, 6) is -0.689. The summed E-state index contributed by atoms with van der Waals surface area (Å²) in [6.07, 6.45) is -0.712. The number of hydrogen-bond donors (Lipinski definition) is 2. The van der Waals surface area contributed by atoms with Crippen LogP contribution in [-0.2, 0) is 16.0 Å². The zero-order valence-electron chi connectivity index (χ0n) is 9.14. The molecule has 5 nitrogen and oxygen atoms in total. The normalized spacial score (nSPS) is 12.1. The lowest BCUT2D eigenvalue weighted by atomic mass is 10.1. The van der Waals surface area contributed by atoms with Gasteiger partial charge >= 0.3 is 5.97 Å². The molecule has 0 saturated heterocycles. The molecular formula is C11H14O5. The van der Waals surface area contributed by atoms with Crippen molar-refractivity contribution in [3.05, 3.63) is 23.8 Å². The van der Waals surface area contributed by atoms with Crippen molar-refractivity contribution >= 4 is 5.97 Å². The van der Waals surface area contributed by atoms with E-state index in [1.54, 1.807) is 12.1 Å². The van der Waals surface area contributed by atoms with Gasteiger partial charge in [-0.2, -0.15) is 0 Å². The van der Waals surface area contributed by atoms with Crippen molar-refractivity contribution in [1.29, 1.82) is 0 Å². The highest BCUT2D eigenvalue weighted by molar-refractivity contribution is 5.72. The molecule has 0 spiro atoms. The van der Waals surface area contributed by atoms with Crippen LogP contribution in [0.2, 0.25) is 0 Å². The van der Waals surface area contributed by atoms with Gasteiger partial charge in [0.15, 0.2) is 17.6 Å². The van der Waals surface area contributed by atoms with Gasteiger partial charge in [-0.25, -0.2) is 4.79 Å². The van der Waals surface area contributed by atoms with Gasteiger partial charge in [-0.1, -0.05) is 6.07 Å². The van der Waals surface area contributed by atoms with Crippen molar-refractivity contribution < 1.29 is 24.5 Å². The molecule has 2 N–H and O–H groups in total. The summed E-state index contributed by atoms with van der Waals surface area (Å²) in [5.41, 5.74) is 0.674. The molecule has 0 fully saturated rings. The Morgan fingerprint density at radius 1 is 1.44 bits per heavy atom. The minimum Gasteiger partial charge on any atom is -0.504 e. The van der Waals surface area contributed by atoms with Gasteiger partial charge in [0.25, 0.3) is 0 Å². The van der Waals surface area contributed by atoms with Crippen LogP contribution in [0.5, 0.6) is 11.5 Å². The second-order valence-corrected chi connectivity index (χ2v) is 3.27. The van der Waals surface area contributed by atoms with Gasteiger partial charge in [0.2, 0.25) is 0 Å². The zero-order valence-corrected chi connectivity index (χ0v) is 9.14. The molecule has 1 atom stereocenters. The summed E-state index contributed by atoms with van der Waals surface area (Å²) in [6, 6.07) is 4.74. The molecule has 5 heteroatoms. The highest BCUT2D eigenvalue weighted by Gasteiger charge is 2.17. The Morgan fingerprint density at radius 2 is 2.12 bits per heavy atom.